The van der Waals surface area contributed by atoms with Gasteiger partial charge in [0.15, 0.2) is 0 Å². The fourth-order valence-electron chi connectivity index (χ4n) is 3.88. The molecule has 2 unspecified atom stereocenters. The fraction of sp³-hybridized carbons (Fsp3) is 0.409. The maximum Gasteiger partial charge on any atom is 0.244 e. The molecule has 1 aliphatic carbocycles. The molecule has 29 heavy (non-hydrogen) atoms. The molecule has 1 N–H and O–H groups in total. The van der Waals surface area contributed by atoms with Gasteiger partial charge in [0.25, 0.3) is 0 Å². The Morgan fingerprint density at radius 2 is 1.79 bits per heavy atom. The summed E-state index contributed by atoms with van der Waals surface area (Å²) in [6, 6.07) is 10.2. The molecule has 0 bridgehead atoms. The first-order valence-electron chi connectivity index (χ1n) is 9.75. The number of benzene rings is 2. The lowest BCUT2D eigenvalue weighted by molar-refractivity contribution is -0.122. The van der Waals surface area contributed by atoms with E-state index in [0.717, 1.165) is 34.5 Å². The summed E-state index contributed by atoms with van der Waals surface area (Å²) in [5.41, 5.74) is 4.87. The first kappa shape index (κ1) is 21.7. The van der Waals surface area contributed by atoms with E-state index in [9.17, 15) is 13.2 Å². The van der Waals surface area contributed by atoms with Gasteiger partial charge >= 0.3 is 0 Å². The van der Waals surface area contributed by atoms with E-state index in [1.54, 1.807) is 32.0 Å². The molecule has 2 atom stereocenters. The van der Waals surface area contributed by atoms with Gasteiger partial charge in [-0.15, -0.1) is 0 Å². The van der Waals surface area contributed by atoms with Gasteiger partial charge in [-0.05, 0) is 74.4 Å². The predicted octanol–water partition coefficient (Wildman–Crippen LogP) is 4.17. The number of aryl methyl sites for hydroxylation is 3. The molecule has 0 radical (unpaired) electrons. The van der Waals surface area contributed by atoms with Gasteiger partial charge in [0.2, 0.25) is 15.9 Å². The lowest BCUT2D eigenvalue weighted by atomic mass is 10.0. The summed E-state index contributed by atoms with van der Waals surface area (Å²) in [5, 5.41) is 3.38. The summed E-state index contributed by atoms with van der Waals surface area (Å²) in [4.78, 5) is 13.0. The third-order valence-corrected chi connectivity index (χ3v) is 6.94. The minimum atomic E-state index is -3.70. The quantitative estimate of drug-likeness (QED) is 0.741. The second-order valence-corrected chi connectivity index (χ2v) is 10.1. The van der Waals surface area contributed by atoms with Crippen molar-refractivity contribution in [2.45, 2.75) is 52.1 Å². The molecular formula is C22H27ClN2O3S. The predicted molar refractivity (Wildman–Crippen MR) is 118 cm³/mol. The van der Waals surface area contributed by atoms with Gasteiger partial charge in [0, 0.05) is 5.02 Å². The minimum Gasteiger partial charge on any atom is -0.348 e. The largest absolute Gasteiger partial charge is 0.348 e. The van der Waals surface area contributed by atoms with Gasteiger partial charge in [-0.3, -0.25) is 9.10 Å². The monoisotopic (exact) mass is 434 g/mol. The van der Waals surface area contributed by atoms with Crippen LogP contribution in [-0.4, -0.2) is 26.6 Å². The third-order valence-electron chi connectivity index (χ3n) is 5.48. The van der Waals surface area contributed by atoms with E-state index in [4.69, 9.17) is 11.6 Å². The zero-order chi connectivity index (χ0) is 21.3. The van der Waals surface area contributed by atoms with E-state index >= 15 is 0 Å². The van der Waals surface area contributed by atoms with E-state index in [2.05, 4.69) is 17.4 Å². The van der Waals surface area contributed by atoms with E-state index in [1.165, 1.54) is 17.5 Å². The summed E-state index contributed by atoms with van der Waals surface area (Å²) in [6.07, 6.45) is 4.44. The first-order valence-corrected chi connectivity index (χ1v) is 12.0. The smallest absolute Gasteiger partial charge is 0.244 e. The number of carbonyl (C=O) groups is 1. The number of carbonyl (C=O) groups excluding carboxylic acids is 1. The summed E-state index contributed by atoms with van der Waals surface area (Å²) in [5.74, 6) is -0.359. The summed E-state index contributed by atoms with van der Waals surface area (Å²) < 4.78 is 26.2. The minimum absolute atomic E-state index is 0.224. The van der Waals surface area contributed by atoms with Crippen LogP contribution in [0.15, 0.2) is 36.4 Å². The van der Waals surface area contributed by atoms with Gasteiger partial charge in [-0.1, -0.05) is 35.9 Å². The van der Waals surface area contributed by atoms with Crippen LogP contribution in [0.1, 0.15) is 48.6 Å². The van der Waals surface area contributed by atoms with Crippen LogP contribution >= 0.6 is 11.6 Å². The van der Waals surface area contributed by atoms with Crippen LogP contribution in [0.5, 0.6) is 0 Å². The normalized spacial score (nSPS) is 15.5. The number of sulfonamides is 1. The molecule has 0 saturated heterocycles. The van der Waals surface area contributed by atoms with Crippen molar-refractivity contribution in [3.8, 4) is 0 Å². The second kappa shape index (κ2) is 8.36. The van der Waals surface area contributed by atoms with Crippen molar-refractivity contribution in [2.75, 3.05) is 10.6 Å². The maximum absolute atomic E-state index is 13.0. The van der Waals surface area contributed by atoms with Crippen LogP contribution in [0.25, 0.3) is 0 Å². The Balaban J connectivity index is 1.83. The highest BCUT2D eigenvalue weighted by Crippen LogP contribution is 2.29. The van der Waals surface area contributed by atoms with Gasteiger partial charge < -0.3 is 5.32 Å². The second-order valence-electron chi connectivity index (χ2n) is 7.78. The molecule has 1 aliphatic rings. The Kier molecular flexibility index (Phi) is 6.24. The van der Waals surface area contributed by atoms with E-state index in [0.29, 0.717) is 10.7 Å². The number of amides is 1. The fourth-order valence-corrected chi connectivity index (χ4v) is 5.27. The van der Waals surface area contributed by atoms with Crippen LogP contribution in [0, 0.1) is 6.92 Å². The van der Waals surface area contributed by atoms with Crippen molar-refractivity contribution in [1.82, 2.24) is 5.32 Å². The SMILES string of the molecule is Cc1ccc(Cl)cc1N(C(C)C(=O)NC(C)c1ccc2c(c1)CCC2)S(C)(=O)=O. The molecule has 3 rings (SSSR count). The number of hydrogen-bond acceptors (Lipinski definition) is 3. The molecule has 0 heterocycles. The van der Waals surface area contributed by atoms with Gasteiger partial charge in [0.1, 0.15) is 6.04 Å². The van der Waals surface area contributed by atoms with Crippen molar-refractivity contribution >= 4 is 33.2 Å². The molecule has 5 nitrogen and oxygen atoms in total. The molecule has 0 aromatic heterocycles. The first-order chi connectivity index (χ1) is 13.6. The van der Waals surface area contributed by atoms with Crippen molar-refractivity contribution < 1.29 is 13.2 Å². The van der Waals surface area contributed by atoms with Crippen LogP contribution in [0.4, 0.5) is 5.69 Å². The molecule has 2 aromatic carbocycles. The topological polar surface area (TPSA) is 66.5 Å². The standard InChI is InChI=1S/C22H27ClN2O3S/c1-14-8-11-20(23)13-21(14)25(29(4,27)28)16(3)22(26)24-15(2)18-10-9-17-6-5-7-19(17)12-18/h8-13,15-16H,5-7H2,1-4H3,(H,24,26). The molecule has 0 spiro atoms. The summed E-state index contributed by atoms with van der Waals surface area (Å²) in [6.45, 7) is 5.30. The average Bonchev–Trinajstić information content (AvgIpc) is 3.11. The zero-order valence-electron chi connectivity index (χ0n) is 17.2. The zero-order valence-corrected chi connectivity index (χ0v) is 18.8. The molecular weight excluding hydrogens is 408 g/mol. The number of halogens is 1. The Morgan fingerprint density at radius 3 is 2.48 bits per heavy atom. The Labute approximate surface area is 178 Å². The van der Waals surface area contributed by atoms with Crippen LogP contribution in [0.3, 0.4) is 0 Å². The molecule has 0 aliphatic heterocycles. The molecule has 2 aromatic rings. The lowest BCUT2D eigenvalue weighted by Gasteiger charge is -2.30. The summed E-state index contributed by atoms with van der Waals surface area (Å²) >= 11 is 6.08. The van der Waals surface area contributed by atoms with Crippen molar-refractivity contribution in [1.29, 1.82) is 0 Å². The van der Waals surface area contributed by atoms with Gasteiger partial charge in [0.05, 0.1) is 18.0 Å². The Bertz CT molecular complexity index is 1040. The van der Waals surface area contributed by atoms with E-state index in [1.807, 2.05) is 13.0 Å². The number of nitrogens with zero attached hydrogens (tertiary/aromatic N) is 1. The maximum atomic E-state index is 13.0. The number of rotatable bonds is 6. The molecule has 1 amide bonds. The molecule has 156 valence electrons. The average molecular weight is 435 g/mol. The van der Waals surface area contributed by atoms with Crippen LogP contribution in [0.2, 0.25) is 5.02 Å². The highest BCUT2D eigenvalue weighted by Gasteiger charge is 2.31. The number of fused-ring (bicyclic) bond motifs is 1. The van der Waals surface area contributed by atoms with Crippen LogP contribution < -0.4 is 9.62 Å². The van der Waals surface area contributed by atoms with Crippen molar-refractivity contribution in [3.05, 3.63) is 63.7 Å². The van der Waals surface area contributed by atoms with Gasteiger partial charge in [-0.2, -0.15) is 0 Å². The van der Waals surface area contributed by atoms with E-state index in [-0.39, 0.29) is 11.9 Å². The molecule has 7 heteroatoms. The van der Waals surface area contributed by atoms with Crippen LogP contribution in [-0.2, 0) is 27.7 Å². The number of nitrogens with one attached hydrogen (secondary N) is 1. The van der Waals surface area contributed by atoms with E-state index < -0.39 is 16.1 Å². The summed E-state index contributed by atoms with van der Waals surface area (Å²) in [7, 11) is -3.70. The number of hydrogen-bond donors (Lipinski definition) is 1. The Morgan fingerprint density at radius 1 is 1.10 bits per heavy atom. The lowest BCUT2D eigenvalue weighted by Crippen LogP contribution is -2.48. The highest BCUT2D eigenvalue weighted by atomic mass is 35.5. The molecule has 0 saturated carbocycles. The molecule has 0 fully saturated rings. The number of anilines is 1. The van der Waals surface area contributed by atoms with Crippen molar-refractivity contribution in [3.63, 3.8) is 0 Å². The highest BCUT2D eigenvalue weighted by molar-refractivity contribution is 7.92. The van der Waals surface area contributed by atoms with Gasteiger partial charge in [-0.25, -0.2) is 8.42 Å². The third kappa shape index (κ3) is 4.75. The van der Waals surface area contributed by atoms with Crippen molar-refractivity contribution in [2.24, 2.45) is 0 Å². The Hall–Kier alpha value is -2.05.